The zero-order valence-corrected chi connectivity index (χ0v) is 12.4. The molecule has 1 atom stereocenters. The molecule has 1 fully saturated rings. The largest absolute Gasteiger partial charge is 0.308 e. The minimum absolute atomic E-state index is 0.243. The summed E-state index contributed by atoms with van der Waals surface area (Å²) in [6.45, 7) is 6.78. The molecule has 0 aliphatic carbocycles. The van der Waals surface area contributed by atoms with E-state index < -0.39 is 0 Å². The van der Waals surface area contributed by atoms with E-state index in [0.717, 1.165) is 38.3 Å². The molecule has 3 rings (SSSR count). The third kappa shape index (κ3) is 2.58. The number of likely N-dealkylation sites (N-methyl/N-ethyl adjacent to an activating group) is 1. The molecular formula is C16H23N3O. The van der Waals surface area contributed by atoms with E-state index in [4.69, 9.17) is 0 Å². The van der Waals surface area contributed by atoms with Crippen LogP contribution < -0.4 is 4.90 Å². The highest BCUT2D eigenvalue weighted by Gasteiger charge is 2.31. The van der Waals surface area contributed by atoms with Crippen molar-refractivity contribution >= 4 is 11.6 Å². The first-order chi connectivity index (χ1) is 9.65. The molecule has 108 valence electrons. The van der Waals surface area contributed by atoms with Crippen LogP contribution in [0.1, 0.15) is 12.5 Å². The average Bonchev–Trinajstić information content (AvgIpc) is 2.77. The normalized spacial score (nSPS) is 23.9. The Bertz CT molecular complexity index is 494. The van der Waals surface area contributed by atoms with Crippen molar-refractivity contribution in [3.63, 3.8) is 0 Å². The van der Waals surface area contributed by atoms with Crippen molar-refractivity contribution in [2.24, 2.45) is 0 Å². The molecule has 0 N–H and O–H groups in total. The average molecular weight is 273 g/mol. The Morgan fingerprint density at radius 2 is 1.90 bits per heavy atom. The standard InChI is InChI=1S/C16H23N3O/c1-13-11-14-5-3-4-6-15(14)19(13)16(20)12-18-9-7-17(2)8-10-18/h3-6,13H,7-12H2,1-2H3. The molecule has 1 amide bonds. The van der Waals surface area contributed by atoms with Gasteiger partial charge in [0.15, 0.2) is 0 Å². The molecule has 0 radical (unpaired) electrons. The van der Waals surface area contributed by atoms with E-state index in [0.29, 0.717) is 6.54 Å². The van der Waals surface area contributed by atoms with Gasteiger partial charge in [0.05, 0.1) is 6.54 Å². The van der Waals surface area contributed by atoms with Gasteiger partial charge in [-0.25, -0.2) is 0 Å². The lowest BCUT2D eigenvalue weighted by Gasteiger charge is -2.33. The molecule has 2 aliphatic rings. The van der Waals surface area contributed by atoms with Crippen LogP contribution in [0.5, 0.6) is 0 Å². The van der Waals surface area contributed by atoms with E-state index >= 15 is 0 Å². The summed E-state index contributed by atoms with van der Waals surface area (Å²) in [5.74, 6) is 0.243. The van der Waals surface area contributed by atoms with E-state index in [9.17, 15) is 4.79 Å². The maximum absolute atomic E-state index is 12.6. The van der Waals surface area contributed by atoms with E-state index in [1.807, 2.05) is 11.0 Å². The maximum atomic E-state index is 12.6. The van der Waals surface area contributed by atoms with E-state index in [1.165, 1.54) is 5.56 Å². The Morgan fingerprint density at radius 1 is 1.20 bits per heavy atom. The number of anilines is 1. The lowest BCUT2D eigenvalue weighted by molar-refractivity contribution is -0.120. The van der Waals surface area contributed by atoms with Gasteiger partial charge in [-0.1, -0.05) is 18.2 Å². The van der Waals surface area contributed by atoms with E-state index in [1.54, 1.807) is 0 Å². The molecule has 20 heavy (non-hydrogen) atoms. The number of carbonyl (C=O) groups is 1. The van der Waals surface area contributed by atoms with Crippen molar-refractivity contribution in [3.8, 4) is 0 Å². The molecule has 2 aliphatic heterocycles. The Morgan fingerprint density at radius 3 is 2.65 bits per heavy atom. The smallest absolute Gasteiger partial charge is 0.241 e. The molecule has 4 heteroatoms. The monoisotopic (exact) mass is 273 g/mol. The quantitative estimate of drug-likeness (QED) is 0.810. The minimum Gasteiger partial charge on any atom is -0.308 e. The summed E-state index contributed by atoms with van der Waals surface area (Å²) in [6, 6.07) is 8.57. The van der Waals surface area contributed by atoms with Crippen molar-refractivity contribution in [1.29, 1.82) is 0 Å². The molecule has 0 saturated carbocycles. The molecule has 0 spiro atoms. The zero-order valence-electron chi connectivity index (χ0n) is 12.4. The van der Waals surface area contributed by atoms with Crippen molar-refractivity contribution < 1.29 is 4.79 Å². The highest BCUT2D eigenvalue weighted by molar-refractivity contribution is 5.97. The fraction of sp³-hybridized carbons (Fsp3) is 0.562. The number of hydrogen-bond donors (Lipinski definition) is 0. The highest BCUT2D eigenvalue weighted by Crippen LogP contribution is 2.31. The van der Waals surface area contributed by atoms with Crippen LogP contribution in [0, 0.1) is 0 Å². The number of piperazine rings is 1. The summed E-state index contributed by atoms with van der Waals surface area (Å²) in [5.41, 5.74) is 2.41. The zero-order chi connectivity index (χ0) is 14.1. The van der Waals surface area contributed by atoms with Gasteiger partial charge in [-0.05, 0) is 32.0 Å². The van der Waals surface area contributed by atoms with Crippen LogP contribution >= 0.6 is 0 Å². The number of carbonyl (C=O) groups excluding carboxylic acids is 1. The second-order valence-corrected chi connectivity index (χ2v) is 6.03. The summed E-state index contributed by atoms with van der Waals surface area (Å²) in [7, 11) is 2.14. The molecule has 1 unspecified atom stereocenters. The fourth-order valence-corrected chi connectivity index (χ4v) is 3.22. The SMILES string of the molecule is CC1Cc2ccccc2N1C(=O)CN1CCN(C)CC1. The fourth-order valence-electron chi connectivity index (χ4n) is 3.22. The Hall–Kier alpha value is -1.39. The van der Waals surface area contributed by atoms with Crippen LogP contribution in [-0.2, 0) is 11.2 Å². The van der Waals surface area contributed by atoms with E-state index in [-0.39, 0.29) is 11.9 Å². The van der Waals surface area contributed by atoms with Gasteiger partial charge in [0, 0.05) is 37.9 Å². The number of benzene rings is 1. The summed E-state index contributed by atoms with van der Waals surface area (Å²) >= 11 is 0. The number of fused-ring (bicyclic) bond motifs is 1. The minimum atomic E-state index is 0.243. The van der Waals surface area contributed by atoms with Gasteiger partial charge in [-0.2, -0.15) is 0 Å². The topological polar surface area (TPSA) is 26.8 Å². The van der Waals surface area contributed by atoms with Crippen molar-refractivity contribution in [2.45, 2.75) is 19.4 Å². The van der Waals surface area contributed by atoms with Crippen LogP contribution in [0.2, 0.25) is 0 Å². The Labute approximate surface area is 121 Å². The third-order valence-corrected chi connectivity index (χ3v) is 4.43. The number of rotatable bonds is 2. The Kier molecular flexibility index (Phi) is 3.76. The van der Waals surface area contributed by atoms with Crippen LogP contribution in [0.15, 0.2) is 24.3 Å². The summed E-state index contributed by atoms with van der Waals surface area (Å²) in [6.07, 6.45) is 0.977. The second kappa shape index (κ2) is 5.54. The lowest BCUT2D eigenvalue weighted by Crippen LogP contribution is -2.49. The number of para-hydroxylation sites is 1. The molecule has 0 aromatic heterocycles. The predicted octanol–water partition coefficient (Wildman–Crippen LogP) is 1.21. The number of hydrogen-bond acceptors (Lipinski definition) is 3. The molecule has 4 nitrogen and oxygen atoms in total. The first-order valence-electron chi connectivity index (χ1n) is 7.46. The van der Waals surface area contributed by atoms with Crippen molar-refractivity contribution in [3.05, 3.63) is 29.8 Å². The number of nitrogens with zero attached hydrogens (tertiary/aromatic N) is 3. The highest BCUT2D eigenvalue weighted by atomic mass is 16.2. The van der Waals surface area contributed by atoms with Gasteiger partial charge in [0.25, 0.3) is 0 Å². The van der Waals surface area contributed by atoms with Crippen LogP contribution in [-0.4, -0.2) is 61.5 Å². The lowest BCUT2D eigenvalue weighted by atomic mass is 10.1. The van der Waals surface area contributed by atoms with Crippen LogP contribution in [0.3, 0.4) is 0 Å². The van der Waals surface area contributed by atoms with Crippen LogP contribution in [0.25, 0.3) is 0 Å². The summed E-state index contributed by atoms with van der Waals surface area (Å²) < 4.78 is 0. The second-order valence-electron chi connectivity index (χ2n) is 6.03. The Balaban J connectivity index is 1.68. The van der Waals surface area contributed by atoms with Crippen LogP contribution in [0.4, 0.5) is 5.69 Å². The molecule has 0 bridgehead atoms. The first kappa shape index (κ1) is 13.6. The summed E-state index contributed by atoms with van der Waals surface area (Å²) in [5, 5.41) is 0. The van der Waals surface area contributed by atoms with Crippen molar-refractivity contribution in [1.82, 2.24) is 9.80 Å². The van der Waals surface area contributed by atoms with Gasteiger partial charge >= 0.3 is 0 Å². The molecule has 1 aromatic carbocycles. The number of amides is 1. The summed E-state index contributed by atoms with van der Waals surface area (Å²) in [4.78, 5) is 19.2. The van der Waals surface area contributed by atoms with Crippen molar-refractivity contribution in [2.75, 3.05) is 44.7 Å². The first-order valence-corrected chi connectivity index (χ1v) is 7.46. The van der Waals surface area contributed by atoms with Gasteiger partial charge < -0.3 is 9.80 Å². The van der Waals surface area contributed by atoms with Gasteiger partial charge in [-0.3, -0.25) is 9.69 Å². The van der Waals surface area contributed by atoms with Gasteiger partial charge in [-0.15, -0.1) is 0 Å². The molecule has 1 aromatic rings. The van der Waals surface area contributed by atoms with Gasteiger partial charge in [0.1, 0.15) is 0 Å². The predicted molar refractivity (Wildman–Crippen MR) is 81.0 cm³/mol. The molecular weight excluding hydrogens is 250 g/mol. The third-order valence-electron chi connectivity index (χ3n) is 4.43. The van der Waals surface area contributed by atoms with E-state index in [2.05, 4.69) is 42.0 Å². The van der Waals surface area contributed by atoms with Gasteiger partial charge in [0.2, 0.25) is 5.91 Å². The molecule has 1 saturated heterocycles. The molecule has 2 heterocycles. The maximum Gasteiger partial charge on any atom is 0.241 e.